The smallest absolute Gasteiger partial charge is 0.235 e. The molecule has 5 heterocycles. The molecule has 216 valence electrons. The van der Waals surface area contributed by atoms with Crippen molar-refractivity contribution in [2.75, 3.05) is 26.3 Å². The molecule has 7 aromatic rings. The first-order chi connectivity index (χ1) is 22.3. The summed E-state index contributed by atoms with van der Waals surface area (Å²) in [4.78, 5) is 19.0. The van der Waals surface area contributed by atoms with Crippen LogP contribution >= 0.6 is 0 Å². The summed E-state index contributed by atoms with van der Waals surface area (Å²) in [5, 5.41) is 4.70. The number of ether oxygens (including phenoxy) is 2. The summed E-state index contributed by atoms with van der Waals surface area (Å²) in [5.74, 6) is 1.22. The Hall–Kier alpha value is -5.82. The number of fused-ring (bicyclic) bond motifs is 5. The van der Waals surface area contributed by atoms with Crippen LogP contribution in [0.25, 0.3) is 60.8 Å². The maximum absolute atomic E-state index is 5.75. The zero-order valence-corrected chi connectivity index (χ0v) is 24.4. The Morgan fingerprint density at radius 2 is 1.16 bits per heavy atom. The molecule has 7 heteroatoms. The molecule has 0 radical (unpaired) electrons. The second-order valence-corrected chi connectivity index (χ2v) is 11.2. The van der Waals surface area contributed by atoms with E-state index in [0.29, 0.717) is 38.1 Å². The SMILES string of the molecule is c1ccc(-n2c3cc(-c4cccc(C5=NCCO5)n4)ccc3c3c4ccccc4c(-c4cccc(C5=NCCO5)n4)cc32)cc1. The average molecular weight is 586 g/mol. The molecule has 0 unspecified atom stereocenters. The Morgan fingerprint density at radius 3 is 1.87 bits per heavy atom. The van der Waals surface area contributed by atoms with Crippen LogP contribution in [0.1, 0.15) is 11.4 Å². The molecule has 7 nitrogen and oxygen atoms in total. The van der Waals surface area contributed by atoms with Crippen molar-refractivity contribution < 1.29 is 9.47 Å². The third-order valence-electron chi connectivity index (χ3n) is 8.47. The maximum Gasteiger partial charge on any atom is 0.235 e. The van der Waals surface area contributed by atoms with E-state index in [4.69, 9.17) is 19.4 Å². The van der Waals surface area contributed by atoms with E-state index in [9.17, 15) is 0 Å². The standard InChI is InChI=1S/C38H27N5O2/c1-2-8-25(9-3-1)43-34-22-24(30-12-6-14-32(41-30)37-39-18-20-44-37)16-17-28(34)36-27-11-5-4-10-26(27)29(23-35(36)43)31-13-7-15-33(42-31)38-40-19-21-45-38/h1-17,22-23H,18-21H2. The van der Waals surface area contributed by atoms with Gasteiger partial charge in [-0.2, -0.15) is 0 Å². The molecule has 0 saturated heterocycles. The largest absolute Gasteiger partial charge is 0.474 e. The molecular formula is C38H27N5O2. The molecule has 2 aliphatic rings. The second-order valence-electron chi connectivity index (χ2n) is 11.2. The van der Waals surface area contributed by atoms with E-state index in [1.165, 1.54) is 16.2 Å². The summed E-state index contributed by atoms with van der Waals surface area (Å²) in [5.41, 5.74) is 8.66. The number of aromatic nitrogens is 3. The van der Waals surface area contributed by atoms with Crippen LogP contribution in [0.15, 0.2) is 125 Å². The zero-order chi connectivity index (χ0) is 29.7. The molecule has 4 aromatic carbocycles. The van der Waals surface area contributed by atoms with Gasteiger partial charge >= 0.3 is 0 Å². The fourth-order valence-electron chi connectivity index (χ4n) is 6.50. The van der Waals surface area contributed by atoms with Crippen LogP contribution in [0.5, 0.6) is 0 Å². The van der Waals surface area contributed by atoms with Crippen LogP contribution in [-0.4, -0.2) is 52.6 Å². The average Bonchev–Trinajstić information content (AvgIpc) is 3.90. The lowest BCUT2D eigenvalue weighted by molar-refractivity contribution is 0.347. The van der Waals surface area contributed by atoms with Crippen LogP contribution in [0.2, 0.25) is 0 Å². The van der Waals surface area contributed by atoms with Gasteiger partial charge in [0.15, 0.2) is 0 Å². The van der Waals surface area contributed by atoms with Gasteiger partial charge in [0.1, 0.15) is 24.6 Å². The molecule has 0 fully saturated rings. The third kappa shape index (κ3) is 4.27. The molecule has 0 spiro atoms. The van der Waals surface area contributed by atoms with Gasteiger partial charge in [-0.15, -0.1) is 0 Å². The number of nitrogens with zero attached hydrogens (tertiary/aromatic N) is 5. The highest BCUT2D eigenvalue weighted by Gasteiger charge is 2.21. The first-order valence-electron chi connectivity index (χ1n) is 15.2. The number of aliphatic imine (C=N–C) groups is 2. The zero-order valence-electron chi connectivity index (χ0n) is 24.4. The Morgan fingerprint density at radius 1 is 0.511 bits per heavy atom. The maximum atomic E-state index is 5.75. The Kier molecular flexibility index (Phi) is 5.94. The minimum atomic E-state index is 0.595. The monoisotopic (exact) mass is 585 g/mol. The summed E-state index contributed by atoms with van der Waals surface area (Å²) in [6, 6.07) is 40.1. The van der Waals surface area contributed by atoms with E-state index >= 15 is 0 Å². The fourth-order valence-corrected chi connectivity index (χ4v) is 6.50. The van der Waals surface area contributed by atoms with Gasteiger partial charge in [0, 0.05) is 27.6 Å². The highest BCUT2D eigenvalue weighted by Crippen LogP contribution is 2.42. The van der Waals surface area contributed by atoms with Crippen molar-refractivity contribution in [1.29, 1.82) is 0 Å². The van der Waals surface area contributed by atoms with E-state index in [-0.39, 0.29) is 0 Å². The van der Waals surface area contributed by atoms with Gasteiger partial charge in [-0.25, -0.2) is 20.0 Å². The number of benzene rings is 4. The van der Waals surface area contributed by atoms with E-state index in [1.807, 2.05) is 30.3 Å². The minimum absolute atomic E-state index is 0.595. The summed E-state index contributed by atoms with van der Waals surface area (Å²) in [6.07, 6.45) is 0. The fraction of sp³-hybridized carbons (Fsp3) is 0.105. The van der Waals surface area contributed by atoms with Gasteiger partial charge in [0.25, 0.3) is 0 Å². The van der Waals surface area contributed by atoms with E-state index in [1.54, 1.807) is 0 Å². The summed E-state index contributed by atoms with van der Waals surface area (Å²) < 4.78 is 13.8. The molecule has 2 aliphatic heterocycles. The first-order valence-corrected chi connectivity index (χ1v) is 15.2. The van der Waals surface area contributed by atoms with Crippen LogP contribution in [-0.2, 0) is 9.47 Å². The van der Waals surface area contributed by atoms with Crippen molar-refractivity contribution in [2.24, 2.45) is 9.98 Å². The van der Waals surface area contributed by atoms with Crippen molar-refractivity contribution in [1.82, 2.24) is 14.5 Å². The summed E-state index contributed by atoms with van der Waals surface area (Å²) in [6.45, 7) is 2.53. The quantitative estimate of drug-likeness (QED) is 0.208. The molecule has 0 saturated carbocycles. The van der Waals surface area contributed by atoms with Gasteiger partial charge in [0.05, 0.1) is 35.5 Å². The molecule has 0 amide bonds. The van der Waals surface area contributed by atoms with Crippen LogP contribution in [0.3, 0.4) is 0 Å². The predicted molar refractivity (Wildman–Crippen MR) is 179 cm³/mol. The number of hydrogen-bond acceptors (Lipinski definition) is 6. The van der Waals surface area contributed by atoms with Crippen molar-refractivity contribution in [3.63, 3.8) is 0 Å². The van der Waals surface area contributed by atoms with Crippen LogP contribution < -0.4 is 0 Å². The number of para-hydroxylation sites is 1. The van der Waals surface area contributed by atoms with Gasteiger partial charge in [0.2, 0.25) is 11.8 Å². The lowest BCUT2D eigenvalue weighted by Crippen LogP contribution is -2.04. The molecule has 9 rings (SSSR count). The van der Waals surface area contributed by atoms with E-state index in [2.05, 4.69) is 99.5 Å². The van der Waals surface area contributed by atoms with Gasteiger partial charge in [-0.1, -0.05) is 66.7 Å². The minimum Gasteiger partial charge on any atom is -0.474 e. The second kappa shape index (κ2) is 10.4. The number of rotatable bonds is 5. The van der Waals surface area contributed by atoms with Crippen molar-refractivity contribution in [3.8, 4) is 28.2 Å². The normalized spacial score (nSPS) is 14.5. The molecule has 3 aromatic heterocycles. The van der Waals surface area contributed by atoms with Gasteiger partial charge in [-0.05, 0) is 59.3 Å². The predicted octanol–water partition coefficient (Wildman–Crippen LogP) is 7.61. The highest BCUT2D eigenvalue weighted by atomic mass is 16.5. The molecule has 0 N–H and O–H groups in total. The molecule has 0 aliphatic carbocycles. The lowest BCUT2D eigenvalue weighted by atomic mass is 9.96. The van der Waals surface area contributed by atoms with Gasteiger partial charge < -0.3 is 14.0 Å². The molecular weight excluding hydrogens is 558 g/mol. The molecule has 0 atom stereocenters. The molecule has 45 heavy (non-hydrogen) atoms. The van der Waals surface area contributed by atoms with Crippen LogP contribution in [0, 0.1) is 0 Å². The Bertz CT molecular complexity index is 2340. The number of pyridine rings is 2. The van der Waals surface area contributed by atoms with E-state index < -0.39 is 0 Å². The van der Waals surface area contributed by atoms with Gasteiger partial charge in [-0.3, -0.25) is 0 Å². The van der Waals surface area contributed by atoms with Crippen molar-refractivity contribution in [3.05, 3.63) is 127 Å². The van der Waals surface area contributed by atoms with Crippen molar-refractivity contribution >= 4 is 44.4 Å². The topological polar surface area (TPSA) is 73.9 Å². The van der Waals surface area contributed by atoms with Crippen molar-refractivity contribution in [2.45, 2.75) is 0 Å². The highest BCUT2D eigenvalue weighted by molar-refractivity contribution is 6.24. The summed E-state index contributed by atoms with van der Waals surface area (Å²) in [7, 11) is 0. The first kappa shape index (κ1) is 25.7. The number of hydrogen-bond donors (Lipinski definition) is 0. The lowest BCUT2D eigenvalue weighted by Gasteiger charge is -2.12. The Labute approximate surface area is 259 Å². The van der Waals surface area contributed by atoms with E-state index in [0.717, 1.165) is 56.0 Å². The molecule has 0 bridgehead atoms. The van der Waals surface area contributed by atoms with Crippen LogP contribution in [0.4, 0.5) is 0 Å². The Balaban J connectivity index is 1.32. The third-order valence-corrected chi connectivity index (χ3v) is 8.47. The summed E-state index contributed by atoms with van der Waals surface area (Å²) >= 11 is 0.